The second-order valence-electron chi connectivity index (χ2n) is 6.70. The van der Waals surface area contributed by atoms with Crippen molar-refractivity contribution in [2.24, 2.45) is 5.73 Å². The van der Waals surface area contributed by atoms with Crippen LogP contribution in [0.4, 0.5) is 4.79 Å². The molecule has 0 bridgehead atoms. The first kappa shape index (κ1) is 17.1. The minimum Gasteiger partial charge on any atom is -0.493 e. The molecule has 3 N–H and O–H groups in total. The number of rotatable bonds is 4. The van der Waals surface area contributed by atoms with Crippen molar-refractivity contribution in [3.05, 3.63) is 29.3 Å². The molecule has 0 spiro atoms. The number of primary amides is 1. The number of ether oxygens (including phenoxy) is 2. The van der Waals surface area contributed by atoms with Crippen LogP contribution in [-0.4, -0.2) is 30.3 Å². The van der Waals surface area contributed by atoms with Gasteiger partial charge in [-0.2, -0.15) is 0 Å². The maximum absolute atomic E-state index is 11.8. The van der Waals surface area contributed by atoms with Gasteiger partial charge in [-0.3, -0.25) is 4.79 Å². The lowest BCUT2D eigenvalue weighted by Crippen LogP contribution is -2.47. The van der Waals surface area contributed by atoms with Crippen LogP contribution < -0.4 is 15.8 Å². The molecule has 1 aliphatic rings. The van der Waals surface area contributed by atoms with Crippen LogP contribution in [0.2, 0.25) is 0 Å². The van der Waals surface area contributed by atoms with E-state index in [0.29, 0.717) is 13.0 Å². The number of benzene rings is 1. The molecule has 0 unspecified atom stereocenters. The highest BCUT2D eigenvalue weighted by Gasteiger charge is 2.23. The summed E-state index contributed by atoms with van der Waals surface area (Å²) in [6, 6.07) is 5.00. The first-order valence-electron chi connectivity index (χ1n) is 7.78. The molecular weight excluding hydrogens is 296 g/mol. The van der Waals surface area contributed by atoms with Gasteiger partial charge in [0.2, 0.25) is 5.91 Å². The zero-order valence-corrected chi connectivity index (χ0v) is 13.8. The topological polar surface area (TPSA) is 90.7 Å². The van der Waals surface area contributed by atoms with Crippen molar-refractivity contribution in [3.8, 4) is 5.75 Å². The predicted octanol–water partition coefficient (Wildman–Crippen LogP) is 1.93. The maximum Gasteiger partial charge on any atom is 0.408 e. The van der Waals surface area contributed by atoms with E-state index in [-0.39, 0.29) is 0 Å². The summed E-state index contributed by atoms with van der Waals surface area (Å²) in [5.74, 6) is 0.240. The molecule has 0 aromatic heterocycles. The number of nitrogens with two attached hydrogens (primary N) is 1. The number of aryl methyl sites for hydroxylation is 1. The molecule has 6 nitrogen and oxygen atoms in total. The number of nitrogens with one attached hydrogen (secondary N) is 1. The number of hydrogen-bond donors (Lipinski definition) is 2. The average molecular weight is 320 g/mol. The normalized spacial score (nSPS) is 15.1. The van der Waals surface area contributed by atoms with E-state index in [1.807, 2.05) is 18.2 Å². The molecule has 0 saturated heterocycles. The first-order valence-corrected chi connectivity index (χ1v) is 7.78. The van der Waals surface area contributed by atoms with Crippen molar-refractivity contribution >= 4 is 12.0 Å². The van der Waals surface area contributed by atoms with Gasteiger partial charge in [0, 0.05) is 6.42 Å². The Morgan fingerprint density at radius 2 is 2.13 bits per heavy atom. The van der Waals surface area contributed by atoms with Gasteiger partial charge in [-0.15, -0.1) is 0 Å². The van der Waals surface area contributed by atoms with Crippen LogP contribution in [0.25, 0.3) is 0 Å². The Hall–Kier alpha value is -2.24. The van der Waals surface area contributed by atoms with E-state index in [1.54, 1.807) is 20.8 Å². The molecule has 0 saturated carbocycles. The SMILES string of the molecule is CC(C)(C)OC(=O)N[C@@H](Cc1ccc2c(c1)OCCC2)C(N)=O. The van der Waals surface area contributed by atoms with E-state index in [1.165, 1.54) is 0 Å². The highest BCUT2D eigenvalue weighted by Crippen LogP contribution is 2.26. The van der Waals surface area contributed by atoms with Crippen LogP contribution in [-0.2, 0) is 22.4 Å². The van der Waals surface area contributed by atoms with Crippen LogP contribution in [0, 0.1) is 0 Å². The van der Waals surface area contributed by atoms with Gasteiger partial charge in [-0.05, 0) is 50.8 Å². The van der Waals surface area contributed by atoms with Gasteiger partial charge < -0.3 is 20.5 Å². The van der Waals surface area contributed by atoms with Gasteiger partial charge in [-0.25, -0.2) is 4.79 Å². The van der Waals surface area contributed by atoms with E-state index >= 15 is 0 Å². The Kier molecular flexibility index (Phi) is 5.13. The molecule has 2 rings (SSSR count). The molecule has 126 valence electrons. The van der Waals surface area contributed by atoms with Crippen LogP contribution in [0.1, 0.15) is 38.3 Å². The van der Waals surface area contributed by atoms with Crippen LogP contribution in [0.15, 0.2) is 18.2 Å². The van der Waals surface area contributed by atoms with Gasteiger partial charge in [0.25, 0.3) is 0 Å². The van der Waals surface area contributed by atoms with Crippen LogP contribution >= 0.6 is 0 Å². The Morgan fingerprint density at radius 1 is 1.39 bits per heavy atom. The summed E-state index contributed by atoms with van der Waals surface area (Å²) in [4.78, 5) is 23.4. The third kappa shape index (κ3) is 5.16. The predicted molar refractivity (Wildman–Crippen MR) is 86.3 cm³/mol. The fourth-order valence-electron chi connectivity index (χ4n) is 2.42. The Bertz CT molecular complexity index is 593. The summed E-state index contributed by atoms with van der Waals surface area (Å²) >= 11 is 0. The largest absolute Gasteiger partial charge is 0.493 e. The molecule has 1 heterocycles. The minimum atomic E-state index is -0.827. The quantitative estimate of drug-likeness (QED) is 0.887. The van der Waals surface area contributed by atoms with E-state index in [0.717, 1.165) is 29.7 Å². The van der Waals surface area contributed by atoms with Gasteiger partial charge >= 0.3 is 6.09 Å². The summed E-state index contributed by atoms with van der Waals surface area (Å²) < 4.78 is 10.8. The van der Waals surface area contributed by atoms with Crippen molar-refractivity contribution in [2.45, 2.75) is 51.7 Å². The fourth-order valence-corrected chi connectivity index (χ4v) is 2.42. The summed E-state index contributed by atoms with van der Waals surface area (Å²) in [5.41, 5.74) is 6.80. The zero-order valence-electron chi connectivity index (χ0n) is 13.8. The highest BCUT2D eigenvalue weighted by molar-refractivity contribution is 5.84. The molecule has 0 aliphatic carbocycles. The van der Waals surface area contributed by atoms with Gasteiger partial charge in [0.05, 0.1) is 6.61 Å². The second kappa shape index (κ2) is 6.89. The number of hydrogen-bond acceptors (Lipinski definition) is 4. The highest BCUT2D eigenvalue weighted by atomic mass is 16.6. The molecule has 1 aromatic rings. The summed E-state index contributed by atoms with van der Waals surface area (Å²) in [6.07, 6.45) is 1.64. The monoisotopic (exact) mass is 320 g/mol. The lowest BCUT2D eigenvalue weighted by Gasteiger charge is -2.23. The van der Waals surface area contributed by atoms with Crippen LogP contribution in [0.5, 0.6) is 5.75 Å². The molecule has 1 atom stereocenters. The van der Waals surface area contributed by atoms with Crippen molar-refractivity contribution < 1.29 is 19.1 Å². The van der Waals surface area contributed by atoms with Gasteiger partial charge in [-0.1, -0.05) is 12.1 Å². The molecule has 1 aromatic carbocycles. The van der Waals surface area contributed by atoms with Gasteiger partial charge in [0.1, 0.15) is 17.4 Å². The molecule has 2 amide bonds. The standard InChI is InChI=1S/C17H24N2O4/c1-17(2,3)23-16(21)19-13(15(18)20)9-11-6-7-12-5-4-8-22-14(12)10-11/h6-7,10,13H,4-5,8-9H2,1-3H3,(H2,18,20)(H,19,21)/t13-/m0/s1. The Morgan fingerprint density at radius 3 is 2.78 bits per heavy atom. The van der Waals surface area contributed by atoms with Crippen LogP contribution in [0.3, 0.4) is 0 Å². The lowest BCUT2D eigenvalue weighted by molar-refractivity contribution is -0.120. The van der Waals surface area contributed by atoms with E-state index in [9.17, 15) is 9.59 Å². The summed E-state index contributed by atoms with van der Waals surface area (Å²) in [5, 5.41) is 2.53. The number of carbonyl (C=O) groups excluding carboxylic acids is 2. The number of amides is 2. The third-order valence-corrected chi connectivity index (χ3v) is 3.45. The first-order chi connectivity index (χ1) is 10.7. The molecule has 0 radical (unpaired) electrons. The molecular formula is C17H24N2O4. The van der Waals surface area contributed by atoms with Crippen molar-refractivity contribution in [3.63, 3.8) is 0 Å². The number of fused-ring (bicyclic) bond motifs is 1. The van der Waals surface area contributed by atoms with Crippen molar-refractivity contribution in [2.75, 3.05) is 6.61 Å². The number of carbonyl (C=O) groups is 2. The molecule has 0 fully saturated rings. The second-order valence-corrected chi connectivity index (χ2v) is 6.70. The smallest absolute Gasteiger partial charge is 0.408 e. The van der Waals surface area contributed by atoms with Gasteiger partial charge in [0.15, 0.2) is 0 Å². The maximum atomic E-state index is 11.8. The third-order valence-electron chi connectivity index (χ3n) is 3.45. The molecule has 6 heteroatoms. The van der Waals surface area contributed by atoms with Crippen molar-refractivity contribution in [1.82, 2.24) is 5.32 Å². The van der Waals surface area contributed by atoms with E-state index in [2.05, 4.69) is 5.32 Å². The Balaban J connectivity index is 2.04. The average Bonchev–Trinajstić information content (AvgIpc) is 2.44. The molecule has 1 aliphatic heterocycles. The Labute approximate surface area is 136 Å². The van der Waals surface area contributed by atoms with Crippen molar-refractivity contribution in [1.29, 1.82) is 0 Å². The lowest BCUT2D eigenvalue weighted by atomic mass is 10.00. The zero-order chi connectivity index (χ0) is 17.0. The minimum absolute atomic E-state index is 0.297. The molecule has 23 heavy (non-hydrogen) atoms. The summed E-state index contributed by atoms with van der Waals surface area (Å²) in [6.45, 7) is 5.97. The fraction of sp³-hybridized carbons (Fsp3) is 0.529. The summed E-state index contributed by atoms with van der Waals surface area (Å²) in [7, 11) is 0. The number of alkyl carbamates (subject to hydrolysis) is 1. The van der Waals surface area contributed by atoms with E-state index in [4.69, 9.17) is 15.2 Å². The van der Waals surface area contributed by atoms with E-state index < -0.39 is 23.6 Å².